The number of hydrogen-bond donors (Lipinski definition) is 3. The average Bonchev–Trinajstić information content (AvgIpc) is 2.04. The van der Waals surface area contributed by atoms with E-state index in [1.807, 2.05) is 0 Å². The number of benzene rings is 1. The molecule has 0 fully saturated rings. The summed E-state index contributed by atoms with van der Waals surface area (Å²) in [6.07, 6.45) is -0.694. The number of aromatic hydroxyl groups is 1. The quantitative estimate of drug-likeness (QED) is 0.755. The van der Waals surface area contributed by atoms with Crippen molar-refractivity contribution >= 4 is 15.9 Å². The van der Waals surface area contributed by atoms with Crippen LogP contribution >= 0.6 is 15.9 Å². The molecular formula is C9H12BrNO2. The van der Waals surface area contributed by atoms with Crippen molar-refractivity contribution in [3.63, 3.8) is 0 Å². The predicted molar refractivity (Wildman–Crippen MR) is 54.7 cm³/mol. The number of aliphatic hydroxyl groups is 1. The molecule has 0 aliphatic heterocycles. The lowest BCUT2D eigenvalue weighted by Gasteiger charge is -2.13. The molecule has 0 amide bonds. The van der Waals surface area contributed by atoms with Crippen LogP contribution in [0, 0.1) is 0 Å². The monoisotopic (exact) mass is 245 g/mol. The summed E-state index contributed by atoms with van der Waals surface area (Å²) in [5.74, 6) is 0.108. The minimum atomic E-state index is -0.694. The van der Waals surface area contributed by atoms with E-state index in [1.165, 1.54) is 0 Å². The van der Waals surface area contributed by atoms with Crippen LogP contribution in [0.2, 0.25) is 0 Å². The molecule has 1 unspecified atom stereocenters. The van der Waals surface area contributed by atoms with Crippen LogP contribution in [0.15, 0.2) is 22.7 Å². The first-order chi connectivity index (χ1) is 6.16. The SMILES string of the molecule is CNCC(O)c1c(O)cccc1Br. The second-order valence-electron chi connectivity index (χ2n) is 2.75. The van der Waals surface area contributed by atoms with E-state index < -0.39 is 6.10 Å². The normalized spacial score (nSPS) is 12.8. The van der Waals surface area contributed by atoms with Crippen molar-refractivity contribution in [3.05, 3.63) is 28.2 Å². The fourth-order valence-corrected chi connectivity index (χ4v) is 1.77. The topological polar surface area (TPSA) is 52.5 Å². The maximum absolute atomic E-state index is 9.63. The summed E-state index contributed by atoms with van der Waals surface area (Å²) in [7, 11) is 1.75. The van der Waals surface area contributed by atoms with Crippen LogP contribution in [0.5, 0.6) is 5.75 Å². The van der Waals surface area contributed by atoms with Crippen LogP contribution in [-0.2, 0) is 0 Å². The zero-order valence-corrected chi connectivity index (χ0v) is 8.87. The number of hydrogen-bond acceptors (Lipinski definition) is 3. The Morgan fingerprint density at radius 3 is 2.77 bits per heavy atom. The molecular weight excluding hydrogens is 234 g/mol. The molecule has 0 aliphatic rings. The minimum Gasteiger partial charge on any atom is -0.508 e. The molecule has 0 heterocycles. The first kappa shape index (κ1) is 10.5. The van der Waals surface area contributed by atoms with Crippen molar-refractivity contribution in [2.75, 3.05) is 13.6 Å². The van der Waals surface area contributed by atoms with Crippen molar-refractivity contribution in [2.24, 2.45) is 0 Å². The van der Waals surface area contributed by atoms with Crippen LogP contribution in [0.1, 0.15) is 11.7 Å². The number of phenolic OH excluding ortho intramolecular Hbond substituents is 1. The molecule has 0 aromatic heterocycles. The van der Waals surface area contributed by atoms with Crippen LogP contribution in [0.3, 0.4) is 0 Å². The van der Waals surface area contributed by atoms with E-state index in [-0.39, 0.29) is 5.75 Å². The number of nitrogens with one attached hydrogen (secondary N) is 1. The summed E-state index contributed by atoms with van der Waals surface area (Å²) in [6.45, 7) is 0.413. The molecule has 0 spiro atoms. The van der Waals surface area contributed by atoms with Gasteiger partial charge in [-0.2, -0.15) is 0 Å². The third-order valence-electron chi connectivity index (χ3n) is 1.76. The highest BCUT2D eigenvalue weighted by atomic mass is 79.9. The van der Waals surface area contributed by atoms with Gasteiger partial charge < -0.3 is 15.5 Å². The highest BCUT2D eigenvalue weighted by molar-refractivity contribution is 9.10. The van der Waals surface area contributed by atoms with E-state index >= 15 is 0 Å². The van der Waals surface area contributed by atoms with Gasteiger partial charge in [-0.25, -0.2) is 0 Å². The Morgan fingerprint density at radius 1 is 1.54 bits per heavy atom. The van der Waals surface area contributed by atoms with Gasteiger partial charge in [0.2, 0.25) is 0 Å². The van der Waals surface area contributed by atoms with E-state index in [4.69, 9.17) is 0 Å². The van der Waals surface area contributed by atoms with Crippen molar-refractivity contribution < 1.29 is 10.2 Å². The van der Waals surface area contributed by atoms with Crippen LogP contribution in [-0.4, -0.2) is 23.8 Å². The summed E-state index contributed by atoms with van der Waals surface area (Å²) in [5.41, 5.74) is 0.525. The van der Waals surface area contributed by atoms with Gasteiger partial charge in [0.25, 0.3) is 0 Å². The van der Waals surface area contributed by atoms with E-state index in [9.17, 15) is 10.2 Å². The molecule has 3 nitrogen and oxygen atoms in total. The summed E-state index contributed by atoms with van der Waals surface area (Å²) in [5, 5.41) is 21.9. The maximum Gasteiger partial charge on any atom is 0.122 e. The smallest absolute Gasteiger partial charge is 0.122 e. The van der Waals surface area contributed by atoms with Gasteiger partial charge in [0, 0.05) is 16.6 Å². The third-order valence-corrected chi connectivity index (χ3v) is 2.45. The van der Waals surface area contributed by atoms with Gasteiger partial charge >= 0.3 is 0 Å². The highest BCUT2D eigenvalue weighted by Gasteiger charge is 2.14. The van der Waals surface area contributed by atoms with E-state index in [2.05, 4.69) is 21.2 Å². The van der Waals surface area contributed by atoms with Crippen molar-refractivity contribution in [1.82, 2.24) is 5.32 Å². The number of halogens is 1. The van der Waals surface area contributed by atoms with Gasteiger partial charge in [-0.3, -0.25) is 0 Å². The van der Waals surface area contributed by atoms with E-state index in [0.29, 0.717) is 12.1 Å². The molecule has 72 valence electrons. The summed E-state index contributed by atoms with van der Waals surface area (Å²) in [6, 6.07) is 5.06. The Morgan fingerprint density at radius 2 is 2.23 bits per heavy atom. The molecule has 1 rings (SSSR count). The van der Waals surface area contributed by atoms with Gasteiger partial charge in [-0.05, 0) is 19.2 Å². The Hall–Kier alpha value is -0.580. The molecule has 0 bridgehead atoms. The number of aliphatic hydroxyl groups excluding tert-OH is 1. The van der Waals surface area contributed by atoms with Crippen LogP contribution in [0.25, 0.3) is 0 Å². The molecule has 1 aromatic rings. The fraction of sp³-hybridized carbons (Fsp3) is 0.333. The zero-order valence-electron chi connectivity index (χ0n) is 7.29. The van der Waals surface area contributed by atoms with Crippen LogP contribution in [0.4, 0.5) is 0 Å². The van der Waals surface area contributed by atoms with Gasteiger partial charge in [-0.1, -0.05) is 22.0 Å². The molecule has 0 saturated carbocycles. The second kappa shape index (κ2) is 4.60. The Labute approximate surface area is 85.5 Å². The fourth-order valence-electron chi connectivity index (χ4n) is 1.15. The molecule has 1 atom stereocenters. The molecule has 0 radical (unpaired) electrons. The lowest BCUT2D eigenvalue weighted by atomic mass is 10.1. The Balaban J connectivity index is 2.98. The van der Waals surface area contributed by atoms with Gasteiger partial charge in [0.15, 0.2) is 0 Å². The largest absolute Gasteiger partial charge is 0.508 e. The van der Waals surface area contributed by atoms with Crippen molar-refractivity contribution in [3.8, 4) is 5.75 Å². The maximum atomic E-state index is 9.63. The summed E-state index contributed by atoms with van der Waals surface area (Å²) < 4.78 is 0.718. The standard InChI is InChI=1S/C9H12BrNO2/c1-11-5-8(13)9-6(10)3-2-4-7(9)12/h2-4,8,11-13H,5H2,1H3. The van der Waals surface area contributed by atoms with Crippen molar-refractivity contribution in [2.45, 2.75) is 6.10 Å². The van der Waals surface area contributed by atoms with Gasteiger partial charge in [0.1, 0.15) is 5.75 Å². The summed E-state index contributed by atoms with van der Waals surface area (Å²) in [4.78, 5) is 0. The Kier molecular flexibility index (Phi) is 3.71. The van der Waals surface area contributed by atoms with Crippen molar-refractivity contribution in [1.29, 1.82) is 0 Å². The second-order valence-corrected chi connectivity index (χ2v) is 3.60. The molecule has 13 heavy (non-hydrogen) atoms. The van der Waals surface area contributed by atoms with Gasteiger partial charge in [0.05, 0.1) is 6.10 Å². The molecule has 1 aromatic carbocycles. The zero-order chi connectivity index (χ0) is 9.84. The Bertz CT molecular complexity index is 271. The number of phenols is 1. The first-order valence-corrected chi connectivity index (χ1v) is 4.76. The van der Waals surface area contributed by atoms with E-state index in [0.717, 1.165) is 4.47 Å². The highest BCUT2D eigenvalue weighted by Crippen LogP contribution is 2.30. The number of likely N-dealkylation sites (N-methyl/N-ethyl adjacent to an activating group) is 1. The average molecular weight is 246 g/mol. The molecule has 3 N–H and O–H groups in total. The lowest BCUT2D eigenvalue weighted by molar-refractivity contribution is 0.173. The minimum absolute atomic E-state index is 0.108. The third kappa shape index (κ3) is 2.43. The lowest BCUT2D eigenvalue weighted by Crippen LogP contribution is -2.17. The summed E-state index contributed by atoms with van der Waals surface area (Å²) >= 11 is 3.27. The van der Waals surface area contributed by atoms with Crippen LogP contribution < -0.4 is 5.32 Å². The predicted octanol–water partition coefficient (Wildman–Crippen LogP) is 1.41. The molecule has 4 heteroatoms. The van der Waals surface area contributed by atoms with E-state index in [1.54, 1.807) is 25.2 Å². The molecule has 0 aliphatic carbocycles. The first-order valence-electron chi connectivity index (χ1n) is 3.97. The molecule has 0 saturated heterocycles. The van der Waals surface area contributed by atoms with Gasteiger partial charge in [-0.15, -0.1) is 0 Å². The number of rotatable bonds is 3.